The molecule has 1 unspecified atom stereocenters. The Hall–Kier alpha value is -2.48. The van der Waals surface area contributed by atoms with Crippen LogP contribution in [0.2, 0.25) is 0 Å². The number of nitrogens with zero attached hydrogens (tertiary/aromatic N) is 2. The summed E-state index contributed by atoms with van der Waals surface area (Å²) in [5.74, 6) is -0.644. The number of nitrogens with two attached hydrogens (primary N) is 1. The zero-order valence-electron chi connectivity index (χ0n) is 16.5. The minimum absolute atomic E-state index is 0. The highest BCUT2D eigenvalue weighted by Crippen LogP contribution is 2.39. The summed E-state index contributed by atoms with van der Waals surface area (Å²) in [6.45, 7) is 2.47. The van der Waals surface area contributed by atoms with Gasteiger partial charge in [-0.2, -0.15) is 0 Å². The molecule has 1 aromatic carbocycles. The molecule has 9 heteroatoms. The van der Waals surface area contributed by atoms with Gasteiger partial charge in [0.15, 0.2) is 0 Å². The van der Waals surface area contributed by atoms with Gasteiger partial charge in [0.05, 0.1) is 23.2 Å². The van der Waals surface area contributed by atoms with E-state index in [0.717, 1.165) is 18.4 Å². The number of nitrogens with one attached hydrogen (secondary N) is 1. The van der Waals surface area contributed by atoms with E-state index in [2.05, 4.69) is 10.3 Å². The molecule has 3 amide bonds. The third-order valence-electron chi connectivity index (χ3n) is 5.62. The maximum atomic E-state index is 12.8. The molecule has 1 atom stereocenters. The lowest BCUT2D eigenvalue weighted by Crippen LogP contribution is -2.53. The molecule has 0 spiro atoms. The normalized spacial score (nSPS) is 16.8. The van der Waals surface area contributed by atoms with Crippen molar-refractivity contribution in [3.8, 4) is 0 Å². The number of fused-ring (bicyclic) bond motifs is 1. The molecular formula is C21H24Cl2N4O3. The minimum atomic E-state index is -0.455. The molecule has 1 aromatic heterocycles. The Balaban J connectivity index is 0.00000160. The van der Waals surface area contributed by atoms with Crippen molar-refractivity contribution in [2.45, 2.75) is 31.8 Å². The first-order valence-electron chi connectivity index (χ1n) is 9.34. The molecule has 0 radical (unpaired) electrons. The maximum Gasteiger partial charge on any atom is 0.261 e. The third-order valence-corrected chi connectivity index (χ3v) is 5.62. The van der Waals surface area contributed by atoms with Crippen molar-refractivity contribution in [3.63, 3.8) is 0 Å². The summed E-state index contributed by atoms with van der Waals surface area (Å²) in [5.41, 5.74) is 7.16. The molecule has 1 aliphatic heterocycles. The number of benzene rings is 1. The molecule has 30 heavy (non-hydrogen) atoms. The Morgan fingerprint density at radius 2 is 1.77 bits per heavy atom. The van der Waals surface area contributed by atoms with Crippen LogP contribution in [0.4, 0.5) is 0 Å². The summed E-state index contributed by atoms with van der Waals surface area (Å²) in [6.07, 6.45) is 5.33. The minimum Gasteiger partial charge on any atom is -0.345 e. The second-order valence-electron chi connectivity index (χ2n) is 7.66. The summed E-state index contributed by atoms with van der Waals surface area (Å²) in [4.78, 5) is 43.3. The van der Waals surface area contributed by atoms with E-state index in [1.54, 1.807) is 36.7 Å². The number of rotatable bonds is 6. The number of carbonyl (C=O) groups excluding carboxylic acids is 3. The quantitative estimate of drug-likeness (QED) is 0.657. The first-order chi connectivity index (χ1) is 13.4. The SMILES string of the molecule is CC(CN)(NC(=O)c1ccc2c(c1)C(=O)N(Cc1ccncc1)C2=O)C1CC1.Cl.Cl. The van der Waals surface area contributed by atoms with E-state index in [1.165, 1.54) is 11.0 Å². The van der Waals surface area contributed by atoms with E-state index in [9.17, 15) is 14.4 Å². The smallest absolute Gasteiger partial charge is 0.261 e. The highest BCUT2D eigenvalue weighted by atomic mass is 35.5. The molecule has 7 nitrogen and oxygen atoms in total. The van der Waals surface area contributed by atoms with Crippen LogP contribution in [0.1, 0.15) is 56.4 Å². The Morgan fingerprint density at radius 1 is 1.13 bits per heavy atom. The average molecular weight is 451 g/mol. The van der Waals surface area contributed by atoms with Crippen molar-refractivity contribution >= 4 is 42.5 Å². The van der Waals surface area contributed by atoms with Gasteiger partial charge >= 0.3 is 0 Å². The molecule has 0 saturated heterocycles. The number of imide groups is 1. The van der Waals surface area contributed by atoms with Crippen LogP contribution in [0.15, 0.2) is 42.7 Å². The Morgan fingerprint density at radius 3 is 2.37 bits per heavy atom. The van der Waals surface area contributed by atoms with Gasteiger partial charge in [-0.1, -0.05) is 0 Å². The second-order valence-corrected chi connectivity index (χ2v) is 7.66. The predicted octanol–water partition coefficient (Wildman–Crippen LogP) is 2.58. The van der Waals surface area contributed by atoms with Crippen LogP contribution in [0, 0.1) is 5.92 Å². The molecule has 1 saturated carbocycles. The van der Waals surface area contributed by atoms with Gasteiger partial charge in [0.25, 0.3) is 17.7 Å². The van der Waals surface area contributed by atoms with Crippen LogP contribution in [0.5, 0.6) is 0 Å². The molecule has 2 aromatic rings. The lowest BCUT2D eigenvalue weighted by molar-refractivity contribution is 0.0642. The van der Waals surface area contributed by atoms with Gasteiger partial charge in [-0.3, -0.25) is 24.3 Å². The van der Waals surface area contributed by atoms with Gasteiger partial charge in [0.1, 0.15) is 0 Å². The van der Waals surface area contributed by atoms with Crippen molar-refractivity contribution in [1.82, 2.24) is 15.2 Å². The molecular weight excluding hydrogens is 427 g/mol. The number of amides is 3. The maximum absolute atomic E-state index is 12.8. The summed E-state index contributed by atoms with van der Waals surface area (Å²) < 4.78 is 0. The molecule has 3 N–H and O–H groups in total. The van der Waals surface area contributed by atoms with Gasteiger partial charge in [-0.25, -0.2) is 0 Å². The van der Waals surface area contributed by atoms with Crippen LogP contribution >= 0.6 is 24.8 Å². The van der Waals surface area contributed by atoms with E-state index in [0.29, 0.717) is 23.6 Å². The number of pyridine rings is 1. The van der Waals surface area contributed by atoms with Gasteiger partial charge in [0.2, 0.25) is 0 Å². The van der Waals surface area contributed by atoms with E-state index >= 15 is 0 Å². The monoisotopic (exact) mass is 450 g/mol. The molecule has 160 valence electrons. The van der Waals surface area contributed by atoms with E-state index in [4.69, 9.17) is 5.73 Å². The third kappa shape index (κ3) is 4.33. The zero-order valence-corrected chi connectivity index (χ0v) is 18.1. The summed E-state index contributed by atoms with van der Waals surface area (Å²) in [6, 6.07) is 8.15. The van der Waals surface area contributed by atoms with Crippen molar-refractivity contribution in [2.24, 2.45) is 11.7 Å². The fraction of sp³-hybridized carbons (Fsp3) is 0.333. The van der Waals surface area contributed by atoms with Gasteiger partial charge in [0, 0.05) is 24.5 Å². The standard InChI is InChI=1S/C21H22N4O3.2ClH/c1-21(12-22,15-3-4-15)24-18(26)14-2-5-16-17(10-14)20(28)25(19(16)27)11-13-6-8-23-9-7-13;;/h2,5-10,15H,3-4,11-12,22H2,1H3,(H,24,26);2*1H. The highest BCUT2D eigenvalue weighted by Gasteiger charge is 2.42. The fourth-order valence-electron chi connectivity index (χ4n) is 3.62. The highest BCUT2D eigenvalue weighted by molar-refractivity contribution is 6.22. The number of halogens is 2. The zero-order chi connectivity index (χ0) is 19.9. The van der Waals surface area contributed by atoms with Crippen LogP contribution in [-0.4, -0.2) is 39.7 Å². The topological polar surface area (TPSA) is 105 Å². The summed E-state index contributed by atoms with van der Waals surface area (Å²) in [5, 5.41) is 3.01. The van der Waals surface area contributed by atoms with E-state index < -0.39 is 11.4 Å². The fourth-order valence-corrected chi connectivity index (χ4v) is 3.62. The van der Waals surface area contributed by atoms with Crippen LogP contribution in [-0.2, 0) is 6.54 Å². The van der Waals surface area contributed by atoms with Crippen molar-refractivity contribution in [1.29, 1.82) is 0 Å². The number of carbonyl (C=O) groups is 3. The Bertz CT molecular complexity index is 966. The van der Waals surface area contributed by atoms with Gasteiger partial charge < -0.3 is 11.1 Å². The Labute approximate surface area is 187 Å². The van der Waals surface area contributed by atoms with E-state index in [-0.39, 0.29) is 48.7 Å². The first kappa shape index (κ1) is 23.8. The van der Waals surface area contributed by atoms with Gasteiger partial charge in [-0.15, -0.1) is 24.8 Å². The molecule has 4 rings (SSSR count). The molecule has 0 bridgehead atoms. The lowest BCUT2D eigenvalue weighted by Gasteiger charge is -2.29. The summed E-state index contributed by atoms with van der Waals surface area (Å²) >= 11 is 0. The number of aromatic nitrogens is 1. The van der Waals surface area contributed by atoms with Crippen LogP contribution < -0.4 is 11.1 Å². The Kier molecular flexibility index (Phi) is 7.23. The van der Waals surface area contributed by atoms with Crippen molar-refractivity contribution in [2.75, 3.05) is 6.54 Å². The first-order valence-corrected chi connectivity index (χ1v) is 9.34. The second kappa shape index (κ2) is 9.12. The predicted molar refractivity (Wildman–Crippen MR) is 117 cm³/mol. The van der Waals surface area contributed by atoms with E-state index in [1.807, 2.05) is 6.92 Å². The largest absolute Gasteiger partial charge is 0.345 e. The van der Waals surface area contributed by atoms with Crippen LogP contribution in [0.25, 0.3) is 0 Å². The van der Waals surface area contributed by atoms with Crippen molar-refractivity contribution < 1.29 is 14.4 Å². The molecule has 1 aliphatic carbocycles. The molecule has 2 heterocycles. The van der Waals surface area contributed by atoms with Crippen LogP contribution in [0.3, 0.4) is 0 Å². The number of hydrogen-bond acceptors (Lipinski definition) is 5. The molecule has 2 aliphatic rings. The van der Waals surface area contributed by atoms with Gasteiger partial charge in [-0.05, 0) is 61.6 Å². The lowest BCUT2D eigenvalue weighted by atomic mass is 9.95. The summed E-state index contributed by atoms with van der Waals surface area (Å²) in [7, 11) is 0. The van der Waals surface area contributed by atoms with Crippen molar-refractivity contribution in [3.05, 3.63) is 65.0 Å². The average Bonchev–Trinajstić information content (AvgIpc) is 3.54. The number of hydrogen-bond donors (Lipinski definition) is 2. The molecule has 1 fully saturated rings.